The molecular weight excluding hydrogens is 146 g/mol. The van der Waals surface area contributed by atoms with E-state index >= 15 is 0 Å². The van der Waals surface area contributed by atoms with Gasteiger partial charge < -0.3 is 5.73 Å². The monoisotopic (exact) mass is 160 g/mol. The van der Waals surface area contributed by atoms with Crippen molar-refractivity contribution in [2.75, 3.05) is 0 Å². The van der Waals surface area contributed by atoms with E-state index in [0.29, 0.717) is 0 Å². The average molecular weight is 160 g/mol. The van der Waals surface area contributed by atoms with Crippen molar-refractivity contribution in [2.45, 2.75) is 24.8 Å². The van der Waals surface area contributed by atoms with E-state index < -0.39 is 0 Å². The van der Waals surface area contributed by atoms with Gasteiger partial charge in [0, 0.05) is 5.54 Å². The highest BCUT2D eigenvalue weighted by Crippen LogP contribution is 2.36. The first-order valence-corrected chi connectivity index (χ1v) is 4.43. The van der Waals surface area contributed by atoms with E-state index in [4.69, 9.17) is 5.73 Å². The van der Waals surface area contributed by atoms with Crippen molar-refractivity contribution in [1.82, 2.24) is 0 Å². The van der Waals surface area contributed by atoms with Gasteiger partial charge in [0.1, 0.15) is 0 Å². The molecule has 1 nitrogen and oxygen atoms in total. The van der Waals surface area contributed by atoms with Gasteiger partial charge in [0.15, 0.2) is 0 Å². The SMILES string of the molecule is [CH2]CC1(N)CCc2ccccc21. The van der Waals surface area contributed by atoms with Crippen molar-refractivity contribution in [3.63, 3.8) is 0 Å². The van der Waals surface area contributed by atoms with Gasteiger partial charge in [-0.3, -0.25) is 0 Å². The Kier molecular flexibility index (Phi) is 1.69. The molecule has 2 N–H and O–H groups in total. The van der Waals surface area contributed by atoms with Gasteiger partial charge in [-0.25, -0.2) is 0 Å². The molecule has 1 heteroatoms. The van der Waals surface area contributed by atoms with Gasteiger partial charge in [0.25, 0.3) is 0 Å². The van der Waals surface area contributed by atoms with Crippen LogP contribution in [0.1, 0.15) is 24.0 Å². The third-order valence-corrected chi connectivity index (χ3v) is 2.84. The van der Waals surface area contributed by atoms with Crippen LogP contribution < -0.4 is 5.73 Å². The summed E-state index contributed by atoms with van der Waals surface area (Å²) in [6.45, 7) is 3.91. The smallest absolute Gasteiger partial charge is 0.0415 e. The van der Waals surface area contributed by atoms with Crippen molar-refractivity contribution in [3.05, 3.63) is 42.3 Å². The number of benzene rings is 1. The van der Waals surface area contributed by atoms with E-state index in [9.17, 15) is 0 Å². The topological polar surface area (TPSA) is 26.0 Å². The van der Waals surface area contributed by atoms with E-state index in [2.05, 4.69) is 31.2 Å². The van der Waals surface area contributed by atoms with Crippen LogP contribution in [-0.2, 0) is 12.0 Å². The van der Waals surface area contributed by atoms with Crippen LogP contribution in [0, 0.1) is 6.92 Å². The molecule has 0 amide bonds. The molecule has 0 spiro atoms. The second-order valence-corrected chi connectivity index (χ2v) is 3.56. The number of hydrogen-bond donors (Lipinski definition) is 1. The second kappa shape index (κ2) is 2.60. The van der Waals surface area contributed by atoms with Gasteiger partial charge in [-0.15, -0.1) is 0 Å². The predicted molar refractivity (Wildman–Crippen MR) is 50.6 cm³/mol. The summed E-state index contributed by atoms with van der Waals surface area (Å²) < 4.78 is 0. The van der Waals surface area contributed by atoms with Crippen molar-refractivity contribution in [2.24, 2.45) is 5.73 Å². The molecular formula is C11H14N. The largest absolute Gasteiger partial charge is 0.321 e. The fourth-order valence-electron chi connectivity index (χ4n) is 1.98. The minimum Gasteiger partial charge on any atom is -0.321 e. The van der Waals surface area contributed by atoms with Crippen molar-refractivity contribution in [1.29, 1.82) is 0 Å². The van der Waals surface area contributed by atoms with Gasteiger partial charge >= 0.3 is 0 Å². The Bertz CT molecular complexity index is 293. The van der Waals surface area contributed by atoms with Crippen LogP contribution in [-0.4, -0.2) is 0 Å². The molecule has 0 bridgehead atoms. The second-order valence-electron chi connectivity index (χ2n) is 3.56. The summed E-state index contributed by atoms with van der Waals surface area (Å²) in [5.41, 5.74) is 8.78. The molecule has 1 unspecified atom stereocenters. The molecule has 0 saturated carbocycles. The molecule has 2 rings (SSSR count). The van der Waals surface area contributed by atoms with Crippen LogP contribution in [0.4, 0.5) is 0 Å². The molecule has 0 fully saturated rings. The maximum absolute atomic E-state index is 6.21. The van der Waals surface area contributed by atoms with Crippen molar-refractivity contribution >= 4 is 0 Å². The lowest BCUT2D eigenvalue weighted by Crippen LogP contribution is -2.32. The highest BCUT2D eigenvalue weighted by Gasteiger charge is 2.32. The first kappa shape index (κ1) is 7.81. The minimum absolute atomic E-state index is 0.142. The van der Waals surface area contributed by atoms with E-state index in [1.807, 2.05) is 0 Å². The maximum Gasteiger partial charge on any atom is 0.0415 e. The molecule has 0 aliphatic heterocycles. The Morgan fingerprint density at radius 1 is 1.42 bits per heavy atom. The molecule has 1 aliphatic rings. The van der Waals surface area contributed by atoms with Gasteiger partial charge in [0.2, 0.25) is 0 Å². The van der Waals surface area contributed by atoms with Crippen LogP contribution in [0.3, 0.4) is 0 Å². The molecule has 0 aromatic heterocycles. The Balaban J connectivity index is 2.49. The number of aryl methyl sites for hydroxylation is 1. The average Bonchev–Trinajstić information content (AvgIpc) is 2.46. The third-order valence-electron chi connectivity index (χ3n) is 2.84. The lowest BCUT2D eigenvalue weighted by molar-refractivity contribution is 0.446. The summed E-state index contributed by atoms with van der Waals surface area (Å²) in [6.07, 6.45) is 2.96. The summed E-state index contributed by atoms with van der Waals surface area (Å²) in [7, 11) is 0. The van der Waals surface area contributed by atoms with Gasteiger partial charge in [0.05, 0.1) is 0 Å². The zero-order chi connectivity index (χ0) is 8.60. The minimum atomic E-state index is -0.142. The van der Waals surface area contributed by atoms with Crippen molar-refractivity contribution in [3.8, 4) is 0 Å². The lowest BCUT2D eigenvalue weighted by Gasteiger charge is -2.22. The zero-order valence-electron chi connectivity index (χ0n) is 7.22. The van der Waals surface area contributed by atoms with Crippen LogP contribution in [0.2, 0.25) is 0 Å². The van der Waals surface area contributed by atoms with Gasteiger partial charge in [-0.1, -0.05) is 31.2 Å². The third kappa shape index (κ3) is 0.969. The molecule has 1 aromatic carbocycles. The molecule has 0 heterocycles. The summed E-state index contributed by atoms with van der Waals surface area (Å²) >= 11 is 0. The Morgan fingerprint density at radius 3 is 2.92 bits per heavy atom. The summed E-state index contributed by atoms with van der Waals surface area (Å²) in [5, 5.41) is 0. The summed E-state index contributed by atoms with van der Waals surface area (Å²) in [4.78, 5) is 0. The predicted octanol–water partition coefficient (Wildman–Crippen LogP) is 2.01. The van der Waals surface area contributed by atoms with Gasteiger partial charge in [-0.05, 0) is 30.4 Å². The lowest BCUT2D eigenvalue weighted by atomic mass is 9.90. The van der Waals surface area contributed by atoms with Crippen LogP contribution in [0.5, 0.6) is 0 Å². The van der Waals surface area contributed by atoms with Crippen molar-refractivity contribution < 1.29 is 0 Å². The molecule has 0 saturated heterocycles. The molecule has 1 radical (unpaired) electrons. The van der Waals surface area contributed by atoms with Crippen LogP contribution in [0.25, 0.3) is 0 Å². The van der Waals surface area contributed by atoms with Gasteiger partial charge in [-0.2, -0.15) is 0 Å². The summed E-state index contributed by atoms with van der Waals surface area (Å²) in [5.74, 6) is 0. The first-order chi connectivity index (χ1) is 5.76. The normalized spacial score (nSPS) is 27.2. The van der Waals surface area contributed by atoms with E-state index in [0.717, 1.165) is 19.3 Å². The Hall–Kier alpha value is -0.820. The highest BCUT2D eigenvalue weighted by atomic mass is 14.8. The Morgan fingerprint density at radius 2 is 2.17 bits per heavy atom. The molecule has 1 aliphatic carbocycles. The van der Waals surface area contributed by atoms with E-state index in [1.54, 1.807) is 0 Å². The molecule has 1 atom stereocenters. The molecule has 12 heavy (non-hydrogen) atoms. The molecule has 63 valence electrons. The number of nitrogens with two attached hydrogens (primary N) is 1. The first-order valence-electron chi connectivity index (χ1n) is 4.43. The van der Waals surface area contributed by atoms with Crippen LogP contribution >= 0.6 is 0 Å². The standard InChI is InChI=1S/C11H14N/c1-2-11(12)8-7-9-5-3-4-6-10(9)11/h3-6H,1-2,7-8,12H2. The number of rotatable bonds is 1. The fraction of sp³-hybridized carbons (Fsp3) is 0.364. The summed E-state index contributed by atoms with van der Waals surface area (Å²) in [6, 6.07) is 8.43. The quantitative estimate of drug-likeness (QED) is 0.668. The molecule has 1 aromatic rings. The Labute approximate surface area is 73.6 Å². The maximum atomic E-state index is 6.21. The highest BCUT2D eigenvalue weighted by molar-refractivity contribution is 5.38. The van der Waals surface area contributed by atoms with Crippen LogP contribution in [0.15, 0.2) is 24.3 Å². The number of hydrogen-bond acceptors (Lipinski definition) is 1. The zero-order valence-corrected chi connectivity index (χ0v) is 7.22. The number of fused-ring (bicyclic) bond motifs is 1. The van der Waals surface area contributed by atoms with E-state index in [1.165, 1.54) is 11.1 Å². The fourth-order valence-corrected chi connectivity index (χ4v) is 1.98. The van der Waals surface area contributed by atoms with E-state index in [-0.39, 0.29) is 5.54 Å².